The first-order valence-electron chi connectivity index (χ1n) is 10.4. The summed E-state index contributed by atoms with van der Waals surface area (Å²) < 4.78 is 236. The van der Waals surface area contributed by atoms with Crippen LogP contribution < -0.4 is 0 Å². The SMILES string of the molecule is CC(C)c1ccc(-c2ccccc2)nc1.O=S(=O)([O-])C(F)(F)F.O=S(=O)([O-])C(F)(F)F.O=S(=O)([O-])C(F)(F)F.O=S(=O)([O-])C(F)(F)F.[Ir+4]. The third kappa shape index (κ3) is 22.5. The Labute approximate surface area is 276 Å². The fourth-order valence-corrected chi connectivity index (χ4v) is 1.53. The molecular weight excluding hydrogens is 971 g/mol. The number of pyridine rings is 1. The Bertz CT molecular complexity index is 1510. The summed E-state index contributed by atoms with van der Waals surface area (Å²) in [5.74, 6) is 0.544. The molecule has 30 heteroatoms. The van der Waals surface area contributed by atoms with Crippen molar-refractivity contribution < 1.29 is 125 Å². The summed E-state index contributed by atoms with van der Waals surface area (Å²) >= 11 is 0. The minimum atomic E-state index is -6.09. The summed E-state index contributed by atoms with van der Waals surface area (Å²) in [6.07, 6.45) is 1.97. The molecule has 1 radical (unpaired) electrons. The van der Waals surface area contributed by atoms with Crippen LogP contribution in [0.1, 0.15) is 25.3 Å². The van der Waals surface area contributed by atoms with Crippen LogP contribution in [-0.2, 0) is 60.6 Å². The van der Waals surface area contributed by atoms with Gasteiger partial charge in [-0.15, -0.1) is 0 Å². The second kappa shape index (κ2) is 19.3. The van der Waals surface area contributed by atoms with Gasteiger partial charge in [-0.05, 0) is 17.5 Å². The molecule has 1 heterocycles. The molecule has 0 saturated carbocycles. The quantitative estimate of drug-likeness (QED) is 0.234. The van der Waals surface area contributed by atoms with E-state index in [-0.39, 0.29) is 20.1 Å². The summed E-state index contributed by atoms with van der Waals surface area (Å²) in [7, 11) is -24.4. The maximum atomic E-state index is 10.7. The van der Waals surface area contributed by atoms with Crippen LogP contribution in [0.3, 0.4) is 0 Å². The number of halogens is 12. The Morgan fingerprint density at radius 2 is 0.771 bits per heavy atom. The molecule has 0 aliphatic carbocycles. The van der Waals surface area contributed by atoms with Crippen molar-refractivity contribution in [2.45, 2.75) is 41.8 Å². The van der Waals surface area contributed by atoms with Gasteiger partial charge in [0, 0.05) is 11.8 Å². The van der Waals surface area contributed by atoms with Gasteiger partial charge in [0.15, 0.2) is 40.5 Å². The van der Waals surface area contributed by atoms with E-state index in [4.69, 9.17) is 51.9 Å². The molecule has 0 spiro atoms. The number of rotatable bonds is 2. The largest absolute Gasteiger partial charge is 4.00 e. The molecular formula is C18H15F12IrNO12S4. The molecule has 0 amide bonds. The van der Waals surface area contributed by atoms with Crippen molar-refractivity contribution in [2.24, 2.45) is 0 Å². The van der Waals surface area contributed by atoms with Crippen molar-refractivity contribution in [3.8, 4) is 11.3 Å². The molecule has 281 valence electrons. The van der Waals surface area contributed by atoms with Crippen LogP contribution in [0.2, 0.25) is 0 Å². The summed E-state index contributed by atoms with van der Waals surface area (Å²) in [6, 6.07) is 14.5. The number of hydrogen-bond donors (Lipinski definition) is 0. The predicted octanol–water partition coefficient (Wildman–Crippen LogP) is 4.08. The van der Waals surface area contributed by atoms with Crippen LogP contribution in [0.15, 0.2) is 48.7 Å². The molecule has 48 heavy (non-hydrogen) atoms. The van der Waals surface area contributed by atoms with E-state index >= 15 is 0 Å². The molecule has 0 unspecified atom stereocenters. The normalized spacial score (nSPS) is 12.6. The van der Waals surface area contributed by atoms with Gasteiger partial charge in [-0.25, -0.2) is 33.7 Å². The van der Waals surface area contributed by atoms with Gasteiger partial charge in [-0.2, -0.15) is 52.7 Å². The van der Waals surface area contributed by atoms with Gasteiger partial charge >= 0.3 is 42.1 Å². The van der Waals surface area contributed by atoms with Crippen molar-refractivity contribution in [1.82, 2.24) is 4.98 Å². The maximum absolute atomic E-state index is 10.7. The number of benzene rings is 1. The smallest absolute Gasteiger partial charge is 0.741 e. The Morgan fingerprint density at radius 1 is 0.521 bits per heavy atom. The van der Waals surface area contributed by atoms with Gasteiger partial charge < -0.3 is 18.2 Å². The second-order valence-corrected chi connectivity index (χ2v) is 13.1. The van der Waals surface area contributed by atoms with Crippen LogP contribution in [0.4, 0.5) is 52.7 Å². The first kappa shape index (κ1) is 52.6. The third-order valence-corrected chi connectivity index (χ3v) is 5.92. The van der Waals surface area contributed by atoms with Crippen molar-refractivity contribution in [3.05, 3.63) is 54.2 Å². The zero-order valence-electron chi connectivity index (χ0n) is 22.5. The molecule has 2 aromatic rings. The minimum Gasteiger partial charge on any atom is -0.741 e. The van der Waals surface area contributed by atoms with Gasteiger partial charge in [0.05, 0.1) is 5.69 Å². The Balaban J connectivity index is -0.000000261. The zero-order valence-corrected chi connectivity index (χ0v) is 28.2. The van der Waals surface area contributed by atoms with Crippen LogP contribution in [0, 0.1) is 0 Å². The van der Waals surface area contributed by atoms with Gasteiger partial charge in [-0.1, -0.05) is 50.2 Å². The monoisotopic (exact) mass is 986 g/mol. The molecule has 0 aliphatic heterocycles. The molecule has 0 N–H and O–H groups in total. The van der Waals surface area contributed by atoms with Crippen LogP contribution in [-0.4, -0.2) is 78.9 Å². The van der Waals surface area contributed by atoms with E-state index < -0.39 is 62.5 Å². The molecule has 0 aliphatic rings. The Hall–Kier alpha value is -2.18. The van der Waals surface area contributed by atoms with E-state index in [1.807, 2.05) is 24.4 Å². The zero-order chi connectivity index (χ0) is 38.7. The Kier molecular flexibility index (Phi) is 21.1. The van der Waals surface area contributed by atoms with E-state index in [0.717, 1.165) is 5.69 Å². The maximum Gasteiger partial charge on any atom is 4.00 e. The first-order chi connectivity index (χ1) is 20.3. The van der Waals surface area contributed by atoms with E-state index in [2.05, 4.69) is 43.1 Å². The predicted molar refractivity (Wildman–Crippen MR) is 127 cm³/mol. The second-order valence-electron chi connectivity index (χ2n) is 7.60. The van der Waals surface area contributed by atoms with E-state index in [1.54, 1.807) is 0 Å². The molecule has 1 aromatic heterocycles. The van der Waals surface area contributed by atoms with Crippen molar-refractivity contribution >= 4 is 40.5 Å². The molecule has 1 aromatic carbocycles. The van der Waals surface area contributed by atoms with E-state index in [1.165, 1.54) is 11.1 Å². The van der Waals surface area contributed by atoms with E-state index in [0.29, 0.717) is 5.92 Å². The average Bonchev–Trinajstić information content (AvgIpc) is 2.81. The number of hydrogen-bond acceptors (Lipinski definition) is 13. The summed E-state index contributed by atoms with van der Waals surface area (Å²) in [4.78, 5) is 4.47. The summed E-state index contributed by atoms with van der Waals surface area (Å²) in [5.41, 5.74) is -19.1. The van der Waals surface area contributed by atoms with Crippen molar-refractivity contribution in [1.29, 1.82) is 0 Å². The third-order valence-electron chi connectivity index (χ3n) is 3.66. The van der Waals surface area contributed by atoms with Gasteiger partial charge in [0.25, 0.3) is 0 Å². The van der Waals surface area contributed by atoms with Crippen molar-refractivity contribution in [2.75, 3.05) is 0 Å². The van der Waals surface area contributed by atoms with Crippen LogP contribution in [0.5, 0.6) is 0 Å². The molecule has 0 fully saturated rings. The van der Waals surface area contributed by atoms with E-state index in [9.17, 15) is 52.7 Å². The number of aromatic nitrogens is 1. The van der Waals surface area contributed by atoms with Crippen LogP contribution in [0.25, 0.3) is 11.3 Å². The Morgan fingerprint density at radius 3 is 0.938 bits per heavy atom. The summed E-state index contributed by atoms with van der Waals surface area (Å²) in [6.45, 7) is 4.36. The minimum absolute atomic E-state index is 0. The molecule has 2 rings (SSSR count). The summed E-state index contributed by atoms with van der Waals surface area (Å²) in [5, 5.41) is 0. The van der Waals surface area contributed by atoms with Gasteiger partial charge in [0.2, 0.25) is 0 Å². The van der Waals surface area contributed by atoms with Gasteiger partial charge in [0.1, 0.15) is 0 Å². The molecule has 13 nitrogen and oxygen atoms in total. The molecule has 0 bridgehead atoms. The van der Waals surface area contributed by atoms with Crippen LogP contribution >= 0.6 is 0 Å². The number of alkyl halides is 12. The average molecular weight is 986 g/mol. The standard InChI is InChI=1S/C14H15N.4CHF3O3S.Ir/c1-11(2)13-8-9-14(15-10-13)12-6-4-3-5-7-12;4*2-1(3,4)8(5,6)7;/h3-11H,1-2H3;4*(H,5,6,7);/q;;;;;+4/p-4. The molecule has 0 atom stereocenters. The van der Waals surface area contributed by atoms with Gasteiger partial charge in [-0.3, -0.25) is 4.98 Å². The molecule has 0 saturated heterocycles. The fraction of sp³-hybridized carbons (Fsp3) is 0.389. The van der Waals surface area contributed by atoms with Crippen molar-refractivity contribution in [3.63, 3.8) is 0 Å². The number of nitrogens with zero attached hydrogens (tertiary/aromatic N) is 1. The topological polar surface area (TPSA) is 242 Å². The fourth-order valence-electron chi connectivity index (χ4n) is 1.53. The first-order valence-corrected chi connectivity index (χ1v) is 16.0.